The Morgan fingerprint density at radius 3 is 2.52 bits per heavy atom. The molecule has 0 spiro atoms. The zero-order valence-electron chi connectivity index (χ0n) is 19.4. The van der Waals surface area contributed by atoms with Gasteiger partial charge in [-0.1, -0.05) is 49.9 Å². The number of nitrogens with zero attached hydrogens (tertiary/aromatic N) is 3. The largest absolute Gasteiger partial charge is 0.337 e. The number of benzene rings is 2. The summed E-state index contributed by atoms with van der Waals surface area (Å²) in [6, 6.07) is 12.9. The van der Waals surface area contributed by atoms with Gasteiger partial charge in [0.15, 0.2) is 0 Å². The predicted octanol–water partition coefficient (Wildman–Crippen LogP) is 4.96. The summed E-state index contributed by atoms with van der Waals surface area (Å²) >= 11 is 1.38. The zero-order valence-corrected chi connectivity index (χ0v) is 20.2. The van der Waals surface area contributed by atoms with Crippen LogP contribution in [0.1, 0.15) is 44.7 Å². The summed E-state index contributed by atoms with van der Waals surface area (Å²) in [5.74, 6) is 0.143. The lowest BCUT2D eigenvalue weighted by atomic mass is 10.0. The van der Waals surface area contributed by atoms with Crippen LogP contribution in [0.4, 0.5) is 5.69 Å². The molecule has 1 fully saturated rings. The second kappa shape index (κ2) is 10.7. The van der Waals surface area contributed by atoms with Crippen LogP contribution in [-0.2, 0) is 9.59 Å². The Hall–Kier alpha value is -3.13. The van der Waals surface area contributed by atoms with Crippen molar-refractivity contribution in [2.75, 3.05) is 19.6 Å². The maximum atomic E-state index is 12.6. The Kier molecular flexibility index (Phi) is 7.92. The van der Waals surface area contributed by atoms with E-state index in [4.69, 9.17) is 0 Å². The lowest BCUT2D eigenvalue weighted by molar-refractivity contribution is -0.387. The van der Waals surface area contributed by atoms with Crippen molar-refractivity contribution >= 4 is 35.3 Å². The normalized spacial score (nSPS) is 16.5. The number of carbonyl (C=O) groups is 2. The molecule has 2 amide bonds. The van der Waals surface area contributed by atoms with Crippen molar-refractivity contribution in [2.24, 2.45) is 0 Å². The van der Waals surface area contributed by atoms with E-state index in [9.17, 15) is 19.7 Å². The molecule has 1 saturated heterocycles. The molecule has 2 aromatic carbocycles. The Labute approximate surface area is 198 Å². The monoisotopic (exact) mass is 467 g/mol. The van der Waals surface area contributed by atoms with E-state index in [1.165, 1.54) is 30.8 Å². The van der Waals surface area contributed by atoms with Crippen LogP contribution in [0.3, 0.4) is 0 Å². The van der Waals surface area contributed by atoms with Crippen molar-refractivity contribution in [1.82, 2.24) is 9.80 Å². The first kappa shape index (κ1) is 24.5. The molecule has 1 unspecified atom stereocenters. The molecule has 0 N–H and O–H groups in total. The van der Waals surface area contributed by atoms with Gasteiger partial charge in [0, 0.05) is 49.6 Å². The highest BCUT2D eigenvalue weighted by Gasteiger charge is 2.27. The molecule has 0 saturated carbocycles. The molecule has 0 aromatic heterocycles. The van der Waals surface area contributed by atoms with Crippen LogP contribution in [0.15, 0.2) is 58.3 Å². The summed E-state index contributed by atoms with van der Waals surface area (Å²) in [4.78, 5) is 40.6. The fourth-order valence-corrected chi connectivity index (χ4v) is 5.11. The third-order valence-corrected chi connectivity index (χ3v) is 6.86. The lowest BCUT2D eigenvalue weighted by Gasteiger charge is -2.39. The van der Waals surface area contributed by atoms with E-state index >= 15 is 0 Å². The summed E-state index contributed by atoms with van der Waals surface area (Å²) in [5, 5.41) is 11.8. The number of nitro groups is 1. The molecular formula is C25H29N3O4S. The zero-order chi connectivity index (χ0) is 24.1. The highest BCUT2D eigenvalue weighted by Crippen LogP contribution is 2.39. The number of nitro benzene ring substituents is 1. The first-order valence-electron chi connectivity index (χ1n) is 11.0. The fourth-order valence-electron chi connectivity index (χ4n) is 3.93. The van der Waals surface area contributed by atoms with Gasteiger partial charge in [-0.15, -0.1) is 0 Å². The highest BCUT2D eigenvalue weighted by atomic mass is 32.2. The average Bonchev–Trinajstić information content (AvgIpc) is 2.77. The minimum absolute atomic E-state index is 0.00595. The van der Waals surface area contributed by atoms with Crippen molar-refractivity contribution in [1.29, 1.82) is 0 Å². The molecule has 174 valence electrons. The third kappa shape index (κ3) is 6.01. The second-order valence-electron chi connectivity index (χ2n) is 8.46. The minimum atomic E-state index is -0.387. The first-order valence-corrected chi connectivity index (χ1v) is 11.8. The van der Waals surface area contributed by atoms with Gasteiger partial charge in [-0.25, -0.2) is 0 Å². The Morgan fingerprint density at radius 1 is 1.15 bits per heavy atom. The lowest BCUT2D eigenvalue weighted by Crippen LogP contribution is -2.54. The molecule has 0 aliphatic carbocycles. The summed E-state index contributed by atoms with van der Waals surface area (Å²) in [6.45, 7) is 9.09. The molecule has 0 radical (unpaired) electrons. The molecule has 33 heavy (non-hydrogen) atoms. The third-order valence-electron chi connectivity index (χ3n) is 5.70. The van der Waals surface area contributed by atoms with E-state index in [1.54, 1.807) is 28.0 Å². The van der Waals surface area contributed by atoms with E-state index in [1.807, 2.05) is 31.2 Å². The fraction of sp³-hybridized carbons (Fsp3) is 0.360. The van der Waals surface area contributed by atoms with Crippen LogP contribution in [0.25, 0.3) is 6.08 Å². The van der Waals surface area contributed by atoms with Crippen molar-refractivity contribution in [3.63, 3.8) is 0 Å². The molecule has 7 nitrogen and oxygen atoms in total. The Bertz CT molecular complexity index is 1080. The van der Waals surface area contributed by atoms with E-state index < -0.39 is 0 Å². The van der Waals surface area contributed by atoms with Crippen molar-refractivity contribution < 1.29 is 14.5 Å². The van der Waals surface area contributed by atoms with Crippen LogP contribution in [0.2, 0.25) is 0 Å². The minimum Gasteiger partial charge on any atom is -0.337 e. The standard InChI is InChI=1S/C25H29N3O4S/c1-17(2)21-7-5-6-8-23(21)33-24-11-9-20(15-22(24)28(31)32)10-12-25(30)26-13-14-27(19(4)29)18(3)16-26/h5-12,15,17-18H,13-14,16H2,1-4H3/b12-10+. The summed E-state index contributed by atoms with van der Waals surface area (Å²) < 4.78 is 0. The molecule has 3 rings (SSSR count). The number of hydrogen-bond acceptors (Lipinski definition) is 5. The van der Waals surface area contributed by atoms with Gasteiger partial charge in [-0.05, 0) is 42.2 Å². The number of hydrogen-bond donors (Lipinski definition) is 0. The van der Waals surface area contributed by atoms with Crippen molar-refractivity contribution in [3.05, 3.63) is 69.8 Å². The summed E-state index contributed by atoms with van der Waals surface area (Å²) in [7, 11) is 0. The van der Waals surface area contributed by atoms with E-state index in [0.717, 1.165) is 10.5 Å². The van der Waals surface area contributed by atoms with Crippen LogP contribution in [0, 0.1) is 10.1 Å². The van der Waals surface area contributed by atoms with Gasteiger partial charge >= 0.3 is 0 Å². The summed E-state index contributed by atoms with van der Waals surface area (Å²) in [5.41, 5.74) is 1.74. The van der Waals surface area contributed by atoms with Crippen molar-refractivity contribution in [2.45, 2.75) is 49.4 Å². The maximum absolute atomic E-state index is 12.6. The molecule has 1 heterocycles. The molecule has 0 bridgehead atoms. The van der Waals surface area contributed by atoms with Gasteiger partial charge in [0.05, 0.1) is 9.82 Å². The SMILES string of the molecule is CC(=O)N1CCN(C(=O)/C=C/c2ccc(Sc3ccccc3C(C)C)c([N+](=O)[O-])c2)CC1C. The van der Waals surface area contributed by atoms with Gasteiger partial charge in [-0.2, -0.15) is 0 Å². The molecule has 1 aliphatic rings. The van der Waals surface area contributed by atoms with Crippen molar-refractivity contribution in [3.8, 4) is 0 Å². The Balaban J connectivity index is 1.76. The Morgan fingerprint density at radius 2 is 1.88 bits per heavy atom. The maximum Gasteiger partial charge on any atom is 0.283 e. The second-order valence-corrected chi connectivity index (χ2v) is 9.54. The van der Waals surface area contributed by atoms with Gasteiger partial charge < -0.3 is 9.80 Å². The highest BCUT2D eigenvalue weighted by molar-refractivity contribution is 7.99. The van der Waals surface area contributed by atoms with Gasteiger partial charge in [0.2, 0.25) is 11.8 Å². The molecular weight excluding hydrogens is 438 g/mol. The number of amides is 2. The van der Waals surface area contributed by atoms with Crippen LogP contribution in [-0.4, -0.2) is 52.2 Å². The first-order chi connectivity index (χ1) is 15.7. The smallest absolute Gasteiger partial charge is 0.283 e. The number of rotatable bonds is 6. The predicted molar refractivity (Wildman–Crippen MR) is 130 cm³/mol. The average molecular weight is 468 g/mol. The van der Waals surface area contributed by atoms with Gasteiger partial charge in [0.25, 0.3) is 5.69 Å². The molecule has 8 heteroatoms. The van der Waals surface area contributed by atoms with E-state index in [2.05, 4.69) is 13.8 Å². The van der Waals surface area contributed by atoms with Crippen LogP contribution < -0.4 is 0 Å². The van der Waals surface area contributed by atoms with Crippen LogP contribution >= 0.6 is 11.8 Å². The van der Waals surface area contributed by atoms with Gasteiger partial charge in [0.1, 0.15) is 0 Å². The molecule has 1 atom stereocenters. The molecule has 1 aliphatic heterocycles. The molecule has 2 aromatic rings. The van der Waals surface area contributed by atoms with Gasteiger partial charge in [-0.3, -0.25) is 19.7 Å². The number of piperazine rings is 1. The number of carbonyl (C=O) groups excluding carboxylic acids is 2. The van der Waals surface area contributed by atoms with Crippen LogP contribution in [0.5, 0.6) is 0 Å². The summed E-state index contributed by atoms with van der Waals surface area (Å²) in [6.07, 6.45) is 3.05. The van der Waals surface area contributed by atoms with E-state index in [0.29, 0.717) is 36.0 Å². The topological polar surface area (TPSA) is 83.8 Å². The quantitative estimate of drug-likeness (QED) is 0.341. The van der Waals surface area contributed by atoms with E-state index in [-0.39, 0.29) is 28.5 Å².